The monoisotopic (exact) mass is 341 g/mol. The first-order valence-electron chi connectivity index (χ1n) is 8.16. The van der Waals surface area contributed by atoms with Crippen LogP contribution in [0.15, 0.2) is 35.9 Å². The molecule has 1 aromatic carbocycles. The largest absolute Gasteiger partial charge is 0.466 e. The van der Waals surface area contributed by atoms with E-state index >= 15 is 0 Å². The van der Waals surface area contributed by atoms with Crippen molar-refractivity contribution in [3.63, 3.8) is 0 Å². The van der Waals surface area contributed by atoms with Crippen LogP contribution in [-0.2, 0) is 15.7 Å². The first-order valence-corrected chi connectivity index (χ1v) is 8.16. The van der Waals surface area contributed by atoms with Gasteiger partial charge in [0.2, 0.25) is 0 Å². The molecule has 1 aliphatic heterocycles. The first kappa shape index (κ1) is 18.4. The number of rotatable bonds is 5. The van der Waals surface area contributed by atoms with E-state index in [4.69, 9.17) is 4.74 Å². The summed E-state index contributed by atoms with van der Waals surface area (Å²) in [6.45, 7) is 3.73. The summed E-state index contributed by atoms with van der Waals surface area (Å²) < 4.78 is 42.6. The fourth-order valence-corrected chi connectivity index (χ4v) is 2.74. The van der Waals surface area contributed by atoms with Gasteiger partial charge >= 0.3 is 12.1 Å². The van der Waals surface area contributed by atoms with Crippen LogP contribution in [0.3, 0.4) is 0 Å². The lowest BCUT2D eigenvalue weighted by Gasteiger charge is -2.30. The first-order chi connectivity index (χ1) is 11.4. The number of piperidine rings is 1. The molecule has 132 valence electrons. The quantitative estimate of drug-likeness (QED) is 0.580. The third kappa shape index (κ3) is 5.28. The fourth-order valence-electron chi connectivity index (χ4n) is 2.74. The van der Waals surface area contributed by atoms with Crippen molar-refractivity contribution in [1.82, 2.24) is 0 Å². The molecule has 0 atom stereocenters. The van der Waals surface area contributed by atoms with Gasteiger partial charge in [0.1, 0.15) is 0 Å². The van der Waals surface area contributed by atoms with Gasteiger partial charge in [-0.2, -0.15) is 13.2 Å². The number of allylic oxidation sites excluding steroid dienone is 1. The average Bonchev–Trinajstić information content (AvgIpc) is 2.55. The Hall–Kier alpha value is -1.98. The van der Waals surface area contributed by atoms with Crippen molar-refractivity contribution in [2.24, 2.45) is 0 Å². The highest BCUT2D eigenvalue weighted by atomic mass is 19.4. The van der Waals surface area contributed by atoms with Crippen molar-refractivity contribution in [3.05, 3.63) is 41.5 Å². The molecule has 1 fully saturated rings. The maximum atomic E-state index is 12.6. The van der Waals surface area contributed by atoms with Crippen molar-refractivity contribution in [2.75, 3.05) is 24.6 Å². The number of halogens is 3. The highest BCUT2D eigenvalue weighted by molar-refractivity contribution is 5.69. The molecule has 0 radical (unpaired) electrons. The minimum absolute atomic E-state index is 0.184. The second-order valence-corrected chi connectivity index (χ2v) is 5.74. The van der Waals surface area contributed by atoms with E-state index in [0.29, 0.717) is 19.4 Å². The number of alkyl halides is 3. The highest BCUT2D eigenvalue weighted by Gasteiger charge is 2.30. The number of carbonyl (C=O) groups is 1. The maximum absolute atomic E-state index is 12.6. The van der Waals surface area contributed by atoms with Gasteiger partial charge in [-0.05, 0) is 50.5 Å². The minimum Gasteiger partial charge on any atom is -0.466 e. The molecule has 0 N–H and O–H groups in total. The van der Waals surface area contributed by atoms with Gasteiger partial charge in [-0.15, -0.1) is 0 Å². The second-order valence-electron chi connectivity index (χ2n) is 5.74. The van der Waals surface area contributed by atoms with Crippen LogP contribution in [0, 0.1) is 0 Å². The number of hydrogen-bond acceptors (Lipinski definition) is 3. The standard InChI is InChI=1S/C18H22F3NO2/c1-2-24-17(23)5-3-4-14-10-12-22(13-11-14)16-8-6-15(7-9-16)18(19,20)21/h4,6-9H,2-3,5,10-13H2,1H3. The van der Waals surface area contributed by atoms with Gasteiger partial charge in [0.15, 0.2) is 0 Å². The molecule has 0 spiro atoms. The van der Waals surface area contributed by atoms with Crippen LogP contribution in [0.5, 0.6) is 0 Å². The molecule has 0 unspecified atom stereocenters. The molecule has 2 rings (SSSR count). The summed E-state index contributed by atoms with van der Waals surface area (Å²) in [4.78, 5) is 13.4. The van der Waals surface area contributed by atoms with Gasteiger partial charge in [-0.1, -0.05) is 11.6 Å². The van der Waals surface area contributed by atoms with Crippen LogP contribution in [0.2, 0.25) is 0 Å². The Bertz CT molecular complexity index is 569. The zero-order valence-corrected chi connectivity index (χ0v) is 13.7. The van der Waals surface area contributed by atoms with Crippen LogP contribution in [-0.4, -0.2) is 25.7 Å². The summed E-state index contributed by atoms with van der Waals surface area (Å²) in [5, 5.41) is 0. The lowest BCUT2D eigenvalue weighted by atomic mass is 10.0. The molecular formula is C18H22F3NO2. The lowest BCUT2D eigenvalue weighted by molar-refractivity contribution is -0.143. The molecule has 1 aliphatic rings. The van der Waals surface area contributed by atoms with E-state index in [1.807, 2.05) is 0 Å². The summed E-state index contributed by atoms with van der Waals surface area (Å²) >= 11 is 0. The van der Waals surface area contributed by atoms with Crippen molar-refractivity contribution in [3.8, 4) is 0 Å². The number of benzene rings is 1. The molecular weight excluding hydrogens is 319 g/mol. The Morgan fingerprint density at radius 2 is 1.83 bits per heavy atom. The number of esters is 1. The van der Waals surface area contributed by atoms with E-state index < -0.39 is 11.7 Å². The maximum Gasteiger partial charge on any atom is 0.416 e. The highest BCUT2D eigenvalue weighted by Crippen LogP contribution is 2.31. The molecule has 1 saturated heterocycles. The third-order valence-corrected chi connectivity index (χ3v) is 4.05. The smallest absolute Gasteiger partial charge is 0.416 e. The lowest BCUT2D eigenvalue weighted by Crippen LogP contribution is -2.30. The molecule has 0 amide bonds. The van der Waals surface area contributed by atoms with Gasteiger partial charge in [0.25, 0.3) is 0 Å². The molecule has 1 aromatic rings. The normalized spacial score (nSPS) is 15.3. The van der Waals surface area contributed by atoms with Gasteiger partial charge in [-0.25, -0.2) is 0 Å². The van der Waals surface area contributed by atoms with E-state index in [1.54, 1.807) is 6.92 Å². The summed E-state index contributed by atoms with van der Waals surface area (Å²) in [5.41, 5.74) is 1.49. The predicted molar refractivity (Wildman–Crippen MR) is 86.8 cm³/mol. The van der Waals surface area contributed by atoms with Crippen LogP contribution < -0.4 is 4.90 Å². The topological polar surface area (TPSA) is 29.5 Å². The molecule has 0 aliphatic carbocycles. The Balaban J connectivity index is 1.83. The third-order valence-electron chi connectivity index (χ3n) is 4.05. The molecule has 3 nitrogen and oxygen atoms in total. The summed E-state index contributed by atoms with van der Waals surface area (Å²) in [5.74, 6) is -0.184. The van der Waals surface area contributed by atoms with Crippen LogP contribution in [0.25, 0.3) is 0 Å². The van der Waals surface area contributed by atoms with Crippen molar-refractivity contribution < 1.29 is 22.7 Å². The van der Waals surface area contributed by atoms with Gasteiger partial charge in [-0.3, -0.25) is 4.79 Å². The molecule has 0 bridgehead atoms. The predicted octanol–water partition coefficient (Wildman–Crippen LogP) is 4.58. The van der Waals surface area contributed by atoms with E-state index in [9.17, 15) is 18.0 Å². The number of ether oxygens (including phenoxy) is 1. The molecule has 1 heterocycles. The second kappa shape index (κ2) is 8.22. The van der Waals surface area contributed by atoms with E-state index in [1.165, 1.54) is 17.7 Å². The van der Waals surface area contributed by atoms with Gasteiger partial charge < -0.3 is 9.64 Å². The average molecular weight is 341 g/mol. The minimum atomic E-state index is -4.30. The van der Waals surface area contributed by atoms with E-state index in [2.05, 4.69) is 11.0 Å². The Morgan fingerprint density at radius 3 is 2.38 bits per heavy atom. The van der Waals surface area contributed by atoms with E-state index in [0.717, 1.165) is 43.8 Å². The summed E-state index contributed by atoms with van der Waals surface area (Å²) in [7, 11) is 0. The Labute approximate surface area is 140 Å². The number of hydrogen-bond donors (Lipinski definition) is 0. The van der Waals surface area contributed by atoms with Crippen LogP contribution in [0.4, 0.5) is 18.9 Å². The van der Waals surface area contributed by atoms with Gasteiger partial charge in [0, 0.05) is 25.2 Å². The number of carbonyl (C=O) groups excluding carboxylic acids is 1. The number of nitrogens with zero attached hydrogens (tertiary/aromatic N) is 1. The summed E-state index contributed by atoms with van der Waals surface area (Å²) in [6.07, 6.45) is 0.582. The van der Waals surface area contributed by atoms with Crippen molar-refractivity contribution in [2.45, 2.75) is 38.8 Å². The van der Waals surface area contributed by atoms with Crippen molar-refractivity contribution >= 4 is 11.7 Å². The van der Waals surface area contributed by atoms with Gasteiger partial charge in [0.05, 0.1) is 12.2 Å². The molecule has 0 aromatic heterocycles. The SMILES string of the molecule is CCOC(=O)CCC=C1CCN(c2ccc(C(F)(F)F)cc2)CC1. The van der Waals surface area contributed by atoms with Crippen LogP contribution >= 0.6 is 0 Å². The molecule has 0 saturated carbocycles. The van der Waals surface area contributed by atoms with E-state index in [-0.39, 0.29) is 5.97 Å². The Kier molecular flexibility index (Phi) is 6.29. The molecule has 24 heavy (non-hydrogen) atoms. The zero-order chi connectivity index (χ0) is 17.6. The Morgan fingerprint density at radius 1 is 1.21 bits per heavy atom. The van der Waals surface area contributed by atoms with Crippen molar-refractivity contribution in [1.29, 1.82) is 0 Å². The number of anilines is 1. The van der Waals surface area contributed by atoms with Crippen LogP contribution in [0.1, 0.15) is 38.2 Å². The molecule has 6 heteroatoms. The zero-order valence-electron chi connectivity index (χ0n) is 13.7. The fraction of sp³-hybridized carbons (Fsp3) is 0.500. The summed E-state index contributed by atoms with van der Waals surface area (Å²) in [6, 6.07) is 5.30.